The fourth-order valence-corrected chi connectivity index (χ4v) is 3.37. The first-order valence-corrected chi connectivity index (χ1v) is 8.94. The van der Waals surface area contributed by atoms with Gasteiger partial charge in [0, 0.05) is 31.6 Å². The predicted octanol–water partition coefficient (Wildman–Crippen LogP) is 3.33. The van der Waals surface area contributed by atoms with Gasteiger partial charge >= 0.3 is 0 Å². The quantitative estimate of drug-likeness (QED) is 0.741. The van der Waals surface area contributed by atoms with E-state index in [1.54, 1.807) is 0 Å². The molecule has 0 aliphatic heterocycles. The van der Waals surface area contributed by atoms with Crippen LogP contribution in [0.4, 0.5) is 0 Å². The molecule has 1 aromatic carbocycles. The van der Waals surface area contributed by atoms with Gasteiger partial charge in [0.25, 0.3) is 0 Å². The van der Waals surface area contributed by atoms with Gasteiger partial charge in [-0.05, 0) is 37.9 Å². The van der Waals surface area contributed by atoms with E-state index in [-0.39, 0.29) is 42.7 Å². The summed E-state index contributed by atoms with van der Waals surface area (Å²) in [7, 11) is 0. The van der Waals surface area contributed by atoms with Crippen molar-refractivity contribution in [2.24, 2.45) is 11.7 Å². The Balaban J connectivity index is 0.00000288. The Bertz CT molecular complexity index is 483. The molecule has 4 nitrogen and oxygen atoms in total. The lowest BCUT2D eigenvalue weighted by atomic mass is 10.1. The van der Waals surface area contributed by atoms with E-state index in [1.165, 1.54) is 5.56 Å². The Morgan fingerprint density at radius 1 is 1.08 bits per heavy atom. The maximum absolute atomic E-state index is 12.9. The number of hydrogen-bond acceptors (Lipinski definition) is 3. The van der Waals surface area contributed by atoms with Crippen LogP contribution in [0.25, 0.3) is 0 Å². The summed E-state index contributed by atoms with van der Waals surface area (Å²) in [6.07, 6.45) is 2.76. The van der Waals surface area contributed by atoms with E-state index in [0.29, 0.717) is 6.54 Å². The van der Waals surface area contributed by atoms with Crippen molar-refractivity contribution in [3.8, 4) is 0 Å². The number of carbonyl (C=O) groups is 1. The lowest BCUT2D eigenvalue weighted by Crippen LogP contribution is -2.41. The number of nitrogens with zero attached hydrogens (tertiary/aromatic N) is 2. The molecule has 0 heterocycles. The van der Waals surface area contributed by atoms with Gasteiger partial charge in [0.05, 0.1) is 0 Å². The van der Waals surface area contributed by atoms with Crippen molar-refractivity contribution in [2.45, 2.75) is 45.7 Å². The smallest absolute Gasteiger partial charge is 0.226 e. The van der Waals surface area contributed by atoms with Gasteiger partial charge in [-0.25, -0.2) is 0 Å². The van der Waals surface area contributed by atoms with E-state index in [4.69, 9.17) is 5.73 Å². The van der Waals surface area contributed by atoms with Crippen LogP contribution in [0.2, 0.25) is 0 Å². The SMILES string of the molecule is CCN(CC)CCN(Cc1ccccc1)C(=O)C1CCC(N)C1.Cl.Cl. The van der Waals surface area contributed by atoms with Crippen LogP contribution >= 0.6 is 24.8 Å². The van der Waals surface area contributed by atoms with Crippen LogP contribution in [0.5, 0.6) is 0 Å². The normalized spacial score (nSPS) is 19.2. The monoisotopic (exact) mass is 389 g/mol. The first kappa shape index (κ1) is 24.2. The second-order valence-corrected chi connectivity index (χ2v) is 6.54. The summed E-state index contributed by atoms with van der Waals surface area (Å²) < 4.78 is 0. The average Bonchev–Trinajstić information content (AvgIpc) is 3.01. The van der Waals surface area contributed by atoms with E-state index in [0.717, 1.165) is 45.4 Å². The maximum Gasteiger partial charge on any atom is 0.226 e. The molecule has 144 valence electrons. The van der Waals surface area contributed by atoms with Crippen LogP contribution in [0.1, 0.15) is 38.7 Å². The van der Waals surface area contributed by atoms with Crippen molar-refractivity contribution < 1.29 is 4.79 Å². The van der Waals surface area contributed by atoms with Gasteiger partial charge in [-0.2, -0.15) is 0 Å². The first-order valence-electron chi connectivity index (χ1n) is 8.94. The lowest BCUT2D eigenvalue weighted by molar-refractivity contribution is -0.136. The molecule has 0 bridgehead atoms. The molecule has 0 radical (unpaired) electrons. The Kier molecular flexibility index (Phi) is 12.1. The summed E-state index contributed by atoms with van der Waals surface area (Å²) in [5.74, 6) is 0.402. The molecule has 1 aromatic rings. The molecular weight excluding hydrogens is 357 g/mol. The Hall–Kier alpha value is -0.810. The number of rotatable bonds is 8. The molecule has 2 unspecified atom stereocenters. The summed E-state index contributed by atoms with van der Waals surface area (Å²) >= 11 is 0. The second-order valence-electron chi connectivity index (χ2n) is 6.54. The Morgan fingerprint density at radius 2 is 1.72 bits per heavy atom. The second kappa shape index (κ2) is 12.5. The topological polar surface area (TPSA) is 49.6 Å². The summed E-state index contributed by atoms with van der Waals surface area (Å²) in [6, 6.07) is 10.5. The number of benzene rings is 1. The number of halogens is 2. The van der Waals surface area contributed by atoms with E-state index >= 15 is 0 Å². The minimum Gasteiger partial charge on any atom is -0.337 e. The van der Waals surface area contributed by atoms with Crippen LogP contribution in [0, 0.1) is 5.92 Å². The standard InChI is InChI=1S/C19H31N3O.2ClH/c1-3-21(4-2)12-13-22(15-16-8-6-5-7-9-16)19(23)17-10-11-18(20)14-17;;/h5-9,17-18H,3-4,10-15,20H2,1-2H3;2*1H. The predicted molar refractivity (Wildman–Crippen MR) is 109 cm³/mol. The van der Waals surface area contributed by atoms with Crippen molar-refractivity contribution in [1.29, 1.82) is 0 Å². The highest BCUT2D eigenvalue weighted by molar-refractivity contribution is 5.85. The van der Waals surface area contributed by atoms with Crippen LogP contribution in [0.15, 0.2) is 30.3 Å². The number of hydrogen-bond donors (Lipinski definition) is 1. The Labute approximate surface area is 164 Å². The molecule has 1 amide bonds. The third-order valence-electron chi connectivity index (χ3n) is 4.93. The first-order chi connectivity index (χ1) is 11.1. The summed E-state index contributed by atoms with van der Waals surface area (Å²) in [6.45, 7) is 8.82. The number of likely N-dealkylation sites (N-methyl/N-ethyl adjacent to an activating group) is 1. The lowest BCUT2D eigenvalue weighted by Gasteiger charge is -2.29. The van der Waals surface area contributed by atoms with E-state index in [9.17, 15) is 4.79 Å². The van der Waals surface area contributed by atoms with Crippen LogP contribution in [-0.2, 0) is 11.3 Å². The summed E-state index contributed by atoms with van der Waals surface area (Å²) in [5, 5.41) is 0. The average molecular weight is 390 g/mol. The highest BCUT2D eigenvalue weighted by Crippen LogP contribution is 2.26. The molecule has 2 rings (SSSR count). The highest BCUT2D eigenvalue weighted by atomic mass is 35.5. The molecule has 1 saturated carbocycles. The molecule has 2 atom stereocenters. The van der Waals surface area contributed by atoms with Gasteiger partial charge in [0.2, 0.25) is 5.91 Å². The number of amides is 1. The molecule has 25 heavy (non-hydrogen) atoms. The molecule has 1 aliphatic rings. The molecule has 1 fully saturated rings. The molecule has 6 heteroatoms. The minimum atomic E-state index is 0. The minimum absolute atomic E-state index is 0. The molecule has 1 aliphatic carbocycles. The van der Waals surface area contributed by atoms with E-state index < -0.39 is 0 Å². The van der Waals surface area contributed by atoms with Crippen molar-refractivity contribution in [1.82, 2.24) is 9.80 Å². The maximum atomic E-state index is 12.9. The van der Waals surface area contributed by atoms with Crippen molar-refractivity contribution in [3.63, 3.8) is 0 Å². The molecule has 0 aromatic heterocycles. The zero-order valence-electron chi connectivity index (χ0n) is 15.4. The Morgan fingerprint density at radius 3 is 2.24 bits per heavy atom. The molecule has 0 saturated heterocycles. The molecule has 0 spiro atoms. The largest absolute Gasteiger partial charge is 0.337 e. The third-order valence-corrected chi connectivity index (χ3v) is 4.93. The summed E-state index contributed by atoms with van der Waals surface area (Å²) in [5.41, 5.74) is 7.20. The fraction of sp³-hybridized carbons (Fsp3) is 0.632. The van der Waals surface area contributed by atoms with E-state index in [2.05, 4.69) is 30.9 Å². The third kappa shape index (κ3) is 7.53. The van der Waals surface area contributed by atoms with Crippen molar-refractivity contribution >= 4 is 30.7 Å². The van der Waals surface area contributed by atoms with Crippen LogP contribution in [-0.4, -0.2) is 47.9 Å². The van der Waals surface area contributed by atoms with Crippen LogP contribution < -0.4 is 5.73 Å². The van der Waals surface area contributed by atoms with Crippen molar-refractivity contribution in [2.75, 3.05) is 26.2 Å². The van der Waals surface area contributed by atoms with Crippen LogP contribution in [0.3, 0.4) is 0 Å². The van der Waals surface area contributed by atoms with Gasteiger partial charge in [-0.1, -0.05) is 44.2 Å². The van der Waals surface area contributed by atoms with E-state index in [1.807, 2.05) is 23.1 Å². The zero-order chi connectivity index (χ0) is 16.7. The van der Waals surface area contributed by atoms with Gasteiger partial charge in [-0.3, -0.25) is 4.79 Å². The van der Waals surface area contributed by atoms with Crippen molar-refractivity contribution in [3.05, 3.63) is 35.9 Å². The number of nitrogens with two attached hydrogens (primary N) is 1. The van der Waals surface area contributed by atoms with Gasteiger partial charge in [0.15, 0.2) is 0 Å². The zero-order valence-corrected chi connectivity index (χ0v) is 17.0. The summed E-state index contributed by atoms with van der Waals surface area (Å²) in [4.78, 5) is 17.3. The van der Waals surface area contributed by atoms with Gasteiger partial charge in [-0.15, -0.1) is 24.8 Å². The molecular formula is C19H33Cl2N3O. The number of carbonyl (C=O) groups excluding carboxylic acids is 1. The van der Waals surface area contributed by atoms with Gasteiger partial charge < -0.3 is 15.5 Å². The van der Waals surface area contributed by atoms with Gasteiger partial charge in [0.1, 0.15) is 0 Å². The fourth-order valence-electron chi connectivity index (χ4n) is 3.37. The molecule has 2 N–H and O–H groups in total. The highest BCUT2D eigenvalue weighted by Gasteiger charge is 2.31.